The minimum absolute atomic E-state index is 0.623. The van der Waals surface area contributed by atoms with Crippen molar-refractivity contribution in [1.82, 2.24) is 5.32 Å². The predicted molar refractivity (Wildman–Crippen MR) is 70.2 cm³/mol. The molecule has 1 fully saturated rings. The quantitative estimate of drug-likeness (QED) is 0.860. The number of benzene rings is 1. The summed E-state index contributed by atoms with van der Waals surface area (Å²) in [6.07, 6.45) is 1.42. The van der Waals surface area contributed by atoms with E-state index in [1.54, 1.807) is 0 Å². The van der Waals surface area contributed by atoms with Crippen molar-refractivity contribution in [2.75, 3.05) is 11.5 Å². The molecule has 4 heteroatoms. The van der Waals surface area contributed by atoms with Crippen LogP contribution in [0.1, 0.15) is 18.4 Å². The van der Waals surface area contributed by atoms with E-state index >= 15 is 0 Å². The Bertz CT molecular complexity index is 374. The van der Waals surface area contributed by atoms with E-state index in [9.17, 15) is 9.90 Å². The van der Waals surface area contributed by atoms with Crippen molar-refractivity contribution < 1.29 is 9.90 Å². The van der Waals surface area contributed by atoms with Crippen molar-refractivity contribution in [3.8, 4) is 0 Å². The van der Waals surface area contributed by atoms with E-state index < -0.39 is 11.5 Å². The highest BCUT2D eigenvalue weighted by Crippen LogP contribution is 2.27. The standard InChI is InChI=1S/C13H17NO2S/c15-12(16)13(6-8-17-9-7-13)14-10-11-4-2-1-3-5-11/h1-5,14H,6-10H2,(H,15,16). The van der Waals surface area contributed by atoms with Crippen LogP contribution >= 0.6 is 11.8 Å². The lowest BCUT2D eigenvalue weighted by Crippen LogP contribution is -2.53. The lowest BCUT2D eigenvalue weighted by atomic mass is 9.92. The molecule has 1 aliphatic heterocycles. The Labute approximate surface area is 106 Å². The van der Waals surface area contributed by atoms with Gasteiger partial charge in [0.25, 0.3) is 0 Å². The number of carbonyl (C=O) groups is 1. The van der Waals surface area contributed by atoms with Crippen LogP contribution in [-0.2, 0) is 11.3 Å². The fourth-order valence-electron chi connectivity index (χ4n) is 2.05. The molecular weight excluding hydrogens is 234 g/mol. The number of rotatable bonds is 4. The van der Waals surface area contributed by atoms with Crippen LogP contribution in [-0.4, -0.2) is 28.1 Å². The topological polar surface area (TPSA) is 49.3 Å². The van der Waals surface area contributed by atoms with Crippen LogP contribution in [0.2, 0.25) is 0 Å². The Morgan fingerprint density at radius 1 is 1.29 bits per heavy atom. The summed E-state index contributed by atoms with van der Waals surface area (Å²) >= 11 is 1.83. The van der Waals surface area contributed by atoms with Gasteiger partial charge >= 0.3 is 5.97 Å². The van der Waals surface area contributed by atoms with E-state index in [-0.39, 0.29) is 0 Å². The molecule has 0 bridgehead atoms. The highest BCUT2D eigenvalue weighted by Gasteiger charge is 2.39. The van der Waals surface area contributed by atoms with E-state index in [2.05, 4.69) is 5.32 Å². The van der Waals surface area contributed by atoms with Crippen LogP contribution < -0.4 is 5.32 Å². The average molecular weight is 251 g/mol. The Morgan fingerprint density at radius 2 is 1.94 bits per heavy atom. The first-order valence-corrected chi connectivity index (χ1v) is 6.98. The lowest BCUT2D eigenvalue weighted by molar-refractivity contribution is -0.145. The molecule has 2 N–H and O–H groups in total. The number of hydrogen-bond donors (Lipinski definition) is 2. The summed E-state index contributed by atoms with van der Waals surface area (Å²) in [5.74, 6) is 1.14. The second kappa shape index (κ2) is 5.56. The number of thioether (sulfide) groups is 1. The number of carboxylic acid groups (broad SMARTS) is 1. The Balaban J connectivity index is 2.01. The van der Waals surface area contributed by atoms with Crippen LogP contribution in [0.5, 0.6) is 0 Å². The van der Waals surface area contributed by atoms with Gasteiger partial charge in [-0.2, -0.15) is 11.8 Å². The molecule has 1 aliphatic rings. The minimum atomic E-state index is -0.721. The van der Waals surface area contributed by atoms with E-state index in [1.807, 2.05) is 42.1 Å². The van der Waals surface area contributed by atoms with Gasteiger partial charge in [0, 0.05) is 6.54 Å². The summed E-state index contributed by atoms with van der Waals surface area (Å²) < 4.78 is 0. The zero-order valence-electron chi connectivity index (χ0n) is 9.69. The maximum absolute atomic E-state index is 11.4. The van der Waals surface area contributed by atoms with E-state index in [0.717, 1.165) is 17.1 Å². The van der Waals surface area contributed by atoms with Gasteiger partial charge in [0.1, 0.15) is 5.54 Å². The van der Waals surface area contributed by atoms with E-state index in [4.69, 9.17) is 0 Å². The molecule has 0 aliphatic carbocycles. The van der Waals surface area contributed by atoms with Crippen molar-refractivity contribution in [3.63, 3.8) is 0 Å². The summed E-state index contributed by atoms with van der Waals surface area (Å²) in [7, 11) is 0. The molecule has 1 saturated heterocycles. The van der Waals surface area contributed by atoms with Gasteiger partial charge in [-0.1, -0.05) is 30.3 Å². The van der Waals surface area contributed by atoms with Crippen molar-refractivity contribution in [2.45, 2.75) is 24.9 Å². The van der Waals surface area contributed by atoms with Crippen molar-refractivity contribution in [3.05, 3.63) is 35.9 Å². The van der Waals surface area contributed by atoms with E-state index in [0.29, 0.717) is 19.4 Å². The molecule has 1 heterocycles. The largest absolute Gasteiger partial charge is 0.480 e. The lowest BCUT2D eigenvalue weighted by Gasteiger charge is -2.34. The predicted octanol–water partition coefficient (Wildman–Crippen LogP) is 2.13. The van der Waals surface area contributed by atoms with Crippen LogP contribution in [0.3, 0.4) is 0 Å². The van der Waals surface area contributed by atoms with Crippen molar-refractivity contribution in [1.29, 1.82) is 0 Å². The highest BCUT2D eigenvalue weighted by molar-refractivity contribution is 7.99. The van der Waals surface area contributed by atoms with Crippen LogP contribution in [0, 0.1) is 0 Å². The van der Waals surface area contributed by atoms with Gasteiger partial charge in [-0.05, 0) is 29.9 Å². The fraction of sp³-hybridized carbons (Fsp3) is 0.462. The van der Waals surface area contributed by atoms with Gasteiger partial charge < -0.3 is 5.11 Å². The summed E-state index contributed by atoms with van der Waals surface area (Å²) in [6, 6.07) is 9.94. The Kier molecular flexibility index (Phi) is 4.07. The molecule has 92 valence electrons. The molecule has 0 saturated carbocycles. The SMILES string of the molecule is O=C(O)C1(NCc2ccccc2)CCSCC1. The molecular formula is C13H17NO2S. The Hall–Kier alpha value is -1.00. The zero-order chi connectivity index (χ0) is 12.1. The third kappa shape index (κ3) is 3.01. The third-order valence-corrected chi connectivity index (χ3v) is 4.22. The van der Waals surface area contributed by atoms with E-state index in [1.165, 1.54) is 0 Å². The molecule has 2 rings (SSSR count). The number of aliphatic carboxylic acids is 1. The summed E-state index contributed by atoms with van der Waals surface area (Å²) in [5, 5.41) is 12.6. The summed E-state index contributed by atoms with van der Waals surface area (Å²) in [5.41, 5.74) is 0.410. The van der Waals surface area contributed by atoms with Crippen LogP contribution in [0.15, 0.2) is 30.3 Å². The van der Waals surface area contributed by atoms with Crippen molar-refractivity contribution in [2.24, 2.45) is 0 Å². The fourth-order valence-corrected chi connectivity index (χ4v) is 3.24. The first-order chi connectivity index (χ1) is 8.23. The maximum Gasteiger partial charge on any atom is 0.323 e. The van der Waals surface area contributed by atoms with Gasteiger partial charge in [-0.15, -0.1) is 0 Å². The maximum atomic E-state index is 11.4. The minimum Gasteiger partial charge on any atom is -0.480 e. The Morgan fingerprint density at radius 3 is 2.53 bits per heavy atom. The van der Waals surface area contributed by atoms with Gasteiger partial charge in [-0.3, -0.25) is 10.1 Å². The molecule has 0 atom stereocenters. The number of carboxylic acids is 1. The molecule has 1 aromatic carbocycles. The first-order valence-electron chi connectivity index (χ1n) is 5.83. The molecule has 3 nitrogen and oxygen atoms in total. The van der Waals surface area contributed by atoms with Crippen LogP contribution in [0.4, 0.5) is 0 Å². The van der Waals surface area contributed by atoms with Gasteiger partial charge in [0.2, 0.25) is 0 Å². The number of hydrogen-bond acceptors (Lipinski definition) is 3. The number of nitrogens with one attached hydrogen (secondary N) is 1. The second-order valence-electron chi connectivity index (χ2n) is 4.34. The molecule has 0 radical (unpaired) electrons. The van der Waals surface area contributed by atoms with Gasteiger partial charge in [0.05, 0.1) is 0 Å². The third-order valence-electron chi connectivity index (χ3n) is 3.23. The summed E-state index contributed by atoms with van der Waals surface area (Å²) in [6.45, 7) is 0.623. The van der Waals surface area contributed by atoms with Gasteiger partial charge in [-0.25, -0.2) is 0 Å². The second-order valence-corrected chi connectivity index (χ2v) is 5.56. The smallest absolute Gasteiger partial charge is 0.323 e. The first kappa shape index (κ1) is 12.5. The summed E-state index contributed by atoms with van der Waals surface area (Å²) in [4.78, 5) is 11.4. The molecule has 0 spiro atoms. The molecule has 0 unspecified atom stereocenters. The van der Waals surface area contributed by atoms with Gasteiger partial charge in [0.15, 0.2) is 0 Å². The zero-order valence-corrected chi connectivity index (χ0v) is 10.5. The van der Waals surface area contributed by atoms with Crippen LogP contribution in [0.25, 0.3) is 0 Å². The molecule has 17 heavy (non-hydrogen) atoms. The highest BCUT2D eigenvalue weighted by atomic mass is 32.2. The normalized spacial score (nSPS) is 18.8. The van der Waals surface area contributed by atoms with Crippen molar-refractivity contribution >= 4 is 17.7 Å². The monoisotopic (exact) mass is 251 g/mol. The molecule has 0 amide bonds. The molecule has 0 aromatic heterocycles. The molecule has 1 aromatic rings. The average Bonchev–Trinajstić information content (AvgIpc) is 2.38.